The van der Waals surface area contributed by atoms with Crippen LogP contribution in [0.25, 0.3) is 10.9 Å². The van der Waals surface area contributed by atoms with E-state index >= 15 is 0 Å². The SMILES string of the molecule is CCC(CCO)CNc1ccc(N)c2cccnc12. The Hall–Kier alpha value is -1.81. The van der Waals surface area contributed by atoms with Crippen molar-refractivity contribution in [2.75, 3.05) is 24.2 Å². The summed E-state index contributed by atoms with van der Waals surface area (Å²) in [7, 11) is 0. The molecule has 4 heteroatoms. The molecule has 0 saturated carbocycles. The molecule has 0 bridgehead atoms. The predicted molar refractivity (Wildman–Crippen MR) is 80.1 cm³/mol. The van der Waals surface area contributed by atoms with E-state index in [2.05, 4.69) is 17.2 Å². The van der Waals surface area contributed by atoms with E-state index in [-0.39, 0.29) is 6.61 Å². The molecular formula is C15H21N3O. The molecule has 1 unspecified atom stereocenters. The van der Waals surface area contributed by atoms with Gasteiger partial charge in [-0.15, -0.1) is 0 Å². The highest BCUT2D eigenvalue weighted by Gasteiger charge is 2.08. The lowest BCUT2D eigenvalue weighted by atomic mass is 10.0. The topological polar surface area (TPSA) is 71.2 Å². The van der Waals surface area contributed by atoms with Crippen molar-refractivity contribution in [1.29, 1.82) is 0 Å². The molecular weight excluding hydrogens is 238 g/mol. The first-order valence-electron chi connectivity index (χ1n) is 6.74. The maximum Gasteiger partial charge on any atom is 0.0953 e. The summed E-state index contributed by atoms with van der Waals surface area (Å²) in [6.07, 6.45) is 3.65. The maximum absolute atomic E-state index is 9.02. The normalized spacial score (nSPS) is 12.5. The van der Waals surface area contributed by atoms with E-state index < -0.39 is 0 Å². The number of pyridine rings is 1. The molecule has 2 rings (SSSR count). The standard InChI is InChI=1S/C15H21N3O/c1-2-11(7-9-19)10-18-14-6-5-13(16)12-4-3-8-17-15(12)14/h3-6,8,11,18-19H,2,7,9-10,16H2,1H3. The van der Waals surface area contributed by atoms with Crippen LogP contribution in [0.1, 0.15) is 19.8 Å². The molecule has 1 atom stereocenters. The summed E-state index contributed by atoms with van der Waals surface area (Å²) >= 11 is 0. The Morgan fingerprint density at radius 3 is 2.95 bits per heavy atom. The fourth-order valence-corrected chi connectivity index (χ4v) is 2.22. The third kappa shape index (κ3) is 3.15. The highest BCUT2D eigenvalue weighted by Crippen LogP contribution is 2.26. The van der Waals surface area contributed by atoms with Crippen molar-refractivity contribution >= 4 is 22.3 Å². The largest absolute Gasteiger partial charge is 0.398 e. The van der Waals surface area contributed by atoms with Gasteiger partial charge in [-0.1, -0.05) is 13.3 Å². The van der Waals surface area contributed by atoms with Gasteiger partial charge in [-0.05, 0) is 36.6 Å². The summed E-state index contributed by atoms with van der Waals surface area (Å²) in [6.45, 7) is 3.22. The van der Waals surface area contributed by atoms with Crippen LogP contribution in [0.4, 0.5) is 11.4 Å². The fourth-order valence-electron chi connectivity index (χ4n) is 2.22. The van der Waals surface area contributed by atoms with Crippen LogP contribution in [-0.2, 0) is 0 Å². The number of hydrogen-bond acceptors (Lipinski definition) is 4. The number of aromatic nitrogens is 1. The van der Waals surface area contributed by atoms with Crippen LogP contribution in [0, 0.1) is 5.92 Å². The lowest BCUT2D eigenvalue weighted by molar-refractivity contribution is 0.258. The van der Waals surface area contributed by atoms with Crippen molar-refractivity contribution < 1.29 is 5.11 Å². The van der Waals surface area contributed by atoms with Crippen molar-refractivity contribution in [2.45, 2.75) is 19.8 Å². The summed E-state index contributed by atoms with van der Waals surface area (Å²) in [5.74, 6) is 0.473. The molecule has 102 valence electrons. The van der Waals surface area contributed by atoms with E-state index in [4.69, 9.17) is 10.8 Å². The van der Waals surface area contributed by atoms with Gasteiger partial charge in [0.15, 0.2) is 0 Å². The van der Waals surface area contributed by atoms with Gasteiger partial charge >= 0.3 is 0 Å². The van der Waals surface area contributed by atoms with E-state index in [1.807, 2.05) is 24.3 Å². The number of nitrogens with one attached hydrogen (secondary N) is 1. The zero-order chi connectivity index (χ0) is 13.7. The molecule has 4 nitrogen and oxygen atoms in total. The number of nitrogens with zero attached hydrogens (tertiary/aromatic N) is 1. The number of aliphatic hydroxyl groups is 1. The van der Waals surface area contributed by atoms with Gasteiger partial charge in [0, 0.05) is 30.4 Å². The van der Waals surface area contributed by atoms with Crippen LogP contribution >= 0.6 is 0 Å². The minimum absolute atomic E-state index is 0.237. The Morgan fingerprint density at radius 1 is 1.37 bits per heavy atom. The van der Waals surface area contributed by atoms with Crippen LogP contribution in [0.3, 0.4) is 0 Å². The molecule has 0 radical (unpaired) electrons. The summed E-state index contributed by atoms with van der Waals surface area (Å²) in [5.41, 5.74) is 8.61. The second kappa shape index (κ2) is 6.38. The van der Waals surface area contributed by atoms with E-state index in [9.17, 15) is 0 Å². The first-order chi connectivity index (χ1) is 9.26. The molecule has 1 heterocycles. The Morgan fingerprint density at radius 2 is 2.21 bits per heavy atom. The molecule has 0 spiro atoms. The van der Waals surface area contributed by atoms with Crippen LogP contribution < -0.4 is 11.1 Å². The third-order valence-corrected chi connectivity index (χ3v) is 3.50. The Kier molecular flexibility index (Phi) is 4.58. The first-order valence-corrected chi connectivity index (χ1v) is 6.74. The van der Waals surface area contributed by atoms with Crippen molar-refractivity contribution in [2.24, 2.45) is 5.92 Å². The minimum Gasteiger partial charge on any atom is -0.398 e. The molecule has 0 aliphatic rings. The highest BCUT2D eigenvalue weighted by atomic mass is 16.3. The second-order valence-electron chi connectivity index (χ2n) is 4.77. The summed E-state index contributed by atoms with van der Waals surface area (Å²) in [4.78, 5) is 4.40. The summed E-state index contributed by atoms with van der Waals surface area (Å²) in [5, 5.41) is 13.4. The van der Waals surface area contributed by atoms with Crippen molar-refractivity contribution in [3.63, 3.8) is 0 Å². The van der Waals surface area contributed by atoms with Gasteiger partial charge in [0.2, 0.25) is 0 Å². The highest BCUT2D eigenvalue weighted by molar-refractivity contribution is 5.98. The molecule has 0 amide bonds. The number of benzene rings is 1. The van der Waals surface area contributed by atoms with E-state index in [1.165, 1.54) is 0 Å². The predicted octanol–water partition coefficient (Wildman–Crippen LogP) is 2.64. The number of fused-ring (bicyclic) bond motifs is 1. The molecule has 0 aliphatic heterocycles. The number of nitrogens with two attached hydrogens (primary N) is 1. The van der Waals surface area contributed by atoms with E-state index in [0.717, 1.165) is 41.7 Å². The van der Waals surface area contributed by atoms with Crippen LogP contribution in [-0.4, -0.2) is 23.2 Å². The van der Waals surface area contributed by atoms with Crippen molar-refractivity contribution in [1.82, 2.24) is 4.98 Å². The number of aliphatic hydroxyl groups excluding tert-OH is 1. The third-order valence-electron chi connectivity index (χ3n) is 3.50. The Labute approximate surface area is 113 Å². The monoisotopic (exact) mass is 259 g/mol. The second-order valence-corrected chi connectivity index (χ2v) is 4.77. The lowest BCUT2D eigenvalue weighted by Gasteiger charge is -2.16. The van der Waals surface area contributed by atoms with Gasteiger partial charge in [-0.3, -0.25) is 4.98 Å². The molecule has 0 fully saturated rings. The number of nitrogen functional groups attached to an aromatic ring is 1. The van der Waals surface area contributed by atoms with Crippen LogP contribution in [0.2, 0.25) is 0 Å². The van der Waals surface area contributed by atoms with Crippen LogP contribution in [0.15, 0.2) is 30.5 Å². The number of hydrogen-bond donors (Lipinski definition) is 3. The van der Waals surface area contributed by atoms with E-state index in [0.29, 0.717) is 5.92 Å². The molecule has 4 N–H and O–H groups in total. The zero-order valence-electron chi connectivity index (χ0n) is 11.3. The zero-order valence-corrected chi connectivity index (χ0v) is 11.3. The number of rotatable bonds is 6. The van der Waals surface area contributed by atoms with Crippen molar-refractivity contribution in [3.8, 4) is 0 Å². The smallest absolute Gasteiger partial charge is 0.0953 e. The average Bonchev–Trinajstić information content (AvgIpc) is 2.45. The Balaban J connectivity index is 2.19. The summed E-state index contributed by atoms with van der Waals surface area (Å²) < 4.78 is 0. The first kappa shape index (κ1) is 13.6. The van der Waals surface area contributed by atoms with Gasteiger partial charge in [0.1, 0.15) is 0 Å². The average molecular weight is 259 g/mol. The molecule has 2 aromatic rings. The van der Waals surface area contributed by atoms with Crippen LogP contribution in [0.5, 0.6) is 0 Å². The quantitative estimate of drug-likeness (QED) is 0.697. The molecule has 1 aromatic carbocycles. The Bertz CT molecular complexity index is 542. The lowest BCUT2D eigenvalue weighted by Crippen LogP contribution is -2.15. The molecule has 19 heavy (non-hydrogen) atoms. The molecule has 0 aliphatic carbocycles. The molecule has 1 aromatic heterocycles. The fraction of sp³-hybridized carbons (Fsp3) is 0.400. The molecule has 0 saturated heterocycles. The van der Waals surface area contributed by atoms with Gasteiger partial charge in [-0.2, -0.15) is 0 Å². The van der Waals surface area contributed by atoms with Crippen molar-refractivity contribution in [3.05, 3.63) is 30.5 Å². The number of anilines is 2. The van der Waals surface area contributed by atoms with Gasteiger partial charge < -0.3 is 16.2 Å². The van der Waals surface area contributed by atoms with Gasteiger partial charge in [0.25, 0.3) is 0 Å². The van der Waals surface area contributed by atoms with Gasteiger partial charge in [0.05, 0.1) is 11.2 Å². The minimum atomic E-state index is 0.237. The van der Waals surface area contributed by atoms with E-state index in [1.54, 1.807) is 6.20 Å². The maximum atomic E-state index is 9.02. The van der Waals surface area contributed by atoms with Gasteiger partial charge in [-0.25, -0.2) is 0 Å². The summed E-state index contributed by atoms with van der Waals surface area (Å²) in [6, 6.07) is 7.74.